The van der Waals surface area contributed by atoms with Crippen molar-refractivity contribution >= 4 is 43.9 Å². The van der Waals surface area contributed by atoms with Crippen molar-refractivity contribution in [3.63, 3.8) is 0 Å². The van der Waals surface area contributed by atoms with Gasteiger partial charge >= 0.3 is 5.97 Å². The van der Waals surface area contributed by atoms with Gasteiger partial charge in [0.2, 0.25) is 0 Å². The van der Waals surface area contributed by atoms with Gasteiger partial charge in [-0.2, -0.15) is 0 Å². The molecule has 0 unspecified atom stereocenters. The lowest BCUT2D eigenvalue weighted by Crippen LogP contribution is -2.22. The lowest BCUT2D eigenvalue weighted by molar-refractivity contribution is -0.145. The molecule has 2 aliphatic rings. The minimum Gasteiger partial charge on any atom is -0.466 e. The number of rotatable bonds is 3. The Hall–Kier alpha value is -2.59. The minimum atomic E-state index is -0.199. The standard InChI is InChI=1S/C25H22BrNO2/c1-2-29-25(28)20-13-12-19-22(20)23-18-6-4-3-5-15(18)9-14-21(23)27-24(19)16-7-10-17(26)11-8-16/h3-11,14,20,24,27H,2,12-13H2,1H3/t20-,24-/m1/s1. The van der Waals surface area contributed by atoms with Crippen LogP contribution in [0.3, 0.4) is 0 Å². The first-order chi connectivity index (χ1) is 14.2. The Bertz CT molecular complexity index is 1130. The van der Waals surface area contributed by atoms with Crippen molar-refractivity contribution in [2.75, 3.05) is 11.9 Å². The molecule has 3 aromatic carbocycles. The van der Waals surface area contributed by atoms with Gasteiger partial charge in [-0.1, -0.05) is 58.4 Å². The Morgan fingerprint density at radius 3 is 2.69 bits per heavy atom. The fraction of sp³-hybridized carbons (Fsp3) is 0.240. The van der Waals surface area contributed by atoms with Gasteiger partial charge in [-0.25, -0.2) is 0 Å². The molecule has 0 fully saturated rings. The van der Waals surface area contributed by atoms with Crippen LogP contribution in [0.1, 0.15) is 36.9 Å². The zero-order valence-electron chi connectivity index (χ0n) is 16.2. The number of hydrogen-bond acceptors (Lipinski definition) is 3. The highest BCUT2D eigenvalue weighted by molar-refractivity contribution is 9.10. The molecule has 0 aromatic heterocycles. The molecule has 0 saturated carbocycles. The van der Waals surface area contributed by atoms with E-state index in [0.29, 0.717) is 6.61 Å². The highest BCUT2D eigenvalue weighted by Gasteiger charge is 2.40. The second-order valence-corrected chi connectivity index (χ2v) is 8.54. The summed E-state index contributed by atoms with van der Waals surface area (Å²) in [6, 6.07) is 21.2. The van der Waals surface area contributed by atoms with Crippen LogP contribution in [-0.2, 0) is 9.53 Å². The van der Waals surface area contributed by atoms with E-state index >= 15 is 0 Å². The third-order valence-corrected chi connectivity index (χ3v) is 6.55. The number of carbonyl (C=O) groups excluding carboxylic acids is 1. The fourth-order valence-corrected chi connectivity index (χ4v) is 5.04. The quantitative estimate of drug-likeness (QED) is 0.465. The number of hydrogen-bond donors (Lipinski definition) is 1. The SMILES string of the molecule is CCOC(=O)[C@@H]1CCC2=C1c1c(ccc3ccccc13)N[C@@H]2c1ccc(Br)cc1. The molecule has 1 N–H and O–H groups in total. The average molecular weight is 448 g/mol. The van der Waals surface area contributed by atoms with Crippen LogP contribution in [0, 0.1) is 5.92 Å². The van der Waals surface area contributed by atoms with E-state index in [1.54, 1.807) is 0 Å². The van der Waals surface area contributed by atoms with Gasteiger partial charge in [0.15, 0.2) is 0 Å². The van der Waals surface area contributed by atoms with Gasteiger partial charge in [0.1, 0.15) is 0 Å². The summed E-state index contributed by atoms with van der Waals surface area (Å²) in [7, 11) is 0. The first kappa shape index (κ1) is 18.4. The fourth-order valence-electron chi connectivity index (χ4n) is 4.78. The van der Waals surface area contributed by atoms with Crippen LogP contribution >= 0.6 is 15.9 Å². The molecule has 0 amide bonds. The molecule has 0 bridgehead atoms. The smallest absolute Gasteiger partial charge is 0.313 e. The molecule has 3 nitrogen and oxygen atoms in total. The zero-order chi connectivity index (χ0) is 20.0. The monoisotopic (exact) mass is 447 g/mol. The van der Waals surface area contributed by atoms with Crippen LogP contribution < -0.4 is 5.32 Å². The minimum absolute atomic E-state index is 0.0752. The van der Waals surface area contributed by atoms with E-state index < -0.39 is 0 Å². The number of ether oxygens (including phenoxy) is 1. The second kappa shape index (κ2) is 7.34. The van der Waals surface area contributed by atoms with Gasteiger partial charge < -0.3 is 10.1 Å². The predicted molar refractivity (Wildman–Crippen MR) is 121 cm³/mol. The number of anilines is 1. The Kier molecular flexibility index (Phi) is 4.67. The van der Waals surface area contributed by atoms with E-state index in [0.717, 1.165) is 23.0 Å². The highest BCUT2D eigenvalue weighted by Crippen LogP contribution is 2.52. The van der Waals surface area contributed by atoms with Crippen LogP contribution in [0.5, 0.6) is 0 Å². The third kappa shape index (κ3) is 3.06. The van der Waals surface area contributed by atoms with E-state index in [1.807, 2.05) is 6.92 Å². The summed E-state index contributed by atoms with van der Waals surface area (Å²) in [6.07, 6.45) is 1.70. The zero-order valence-corrected chi connectivity index (χ0v) is 17.8. The summed E-state index contributed by atoms with van der Waals surface area (Å²) < 4.78 is 6.52. The summed E-state index contributed by atoms with van der Waals surface area (Å²) in [6.45, 7) is 2.28. The first-order valence-electron chi connectivity index (χ1n) is 10.1. The predicted octanol–water partition coefficient (Wildman–Crippen LogP) is 6.50. The second-order valence-electron chi connectivity index (χ2n) is 7.62. The maximum Gasteiger partial charge on any atom is 0.313 e. The molecule has 4 heteroatoms. The van der Waals surface area contributed by atoms with Gasteiger partial charge in [0.05, 0.1) is 18.6 Å². The van der Waals surface area contributed by atoms with Crippen molar-refractivity contribution in [1.82, 2.24) is 0 Å². The summed E-state index contributed by atoms with van der Waals surface area (Å²) in [5.41, 5.74) is 5.95. The van der Waals surface area contributed by atoms with Crippen LogP contribution in [0.2, 0.25) is 0 Å². The average Bonchev–Trinajstić information content (AvgIpc) is 3.19. The normalized spacial score (nSPS) is 20.2. The van der Waals surface area contributed by atoms with Gasteiger partial charge in [0.25, 0.3) is 0 Å². The molecule has 1 heterocycles. The van der Waals surface area contributed by atoms with Crippen molar-refractivity contribution in [1.29, 1.82) is 0 Å². The van der Waals surface area contributed by atoms with Crippen LogP contribution in [-0.4, -0.2) is 12.6 Å². The Balaban J connectivity index is 1.73. The molecule has 0 radical (unpaired) electrons. The molecular formula is C25H22BrNO2. The molecule has 1 aliphatic heterocycles. The van der Waals surface area contributed by atoms with Crippen molar-refractivity contribution in [2.45, 2.75) is 25.8 Å². The lowest BCUT2D eigenvalue weighted by atomic mass is 9.83. The number of nitrogens with one attached hydrogen (secondary N) is 1. The van der Waals surface area contributed by atoms with E-state index in [9.17, 15) is 4.79 Å². The lowest BCUT2D eigenvalue weighted by Gasteiger charge is -2.32. The van der Waals surface area contributed by atoms with Gasteiger partial charge in [-0.15, -0.1) is 0 Å². The number of fused-ring (bicyclic) bond motifs is 4. The molecule has 5 rings (SSSR count). The maximum absolute atomic E-state index is 12.9. The van der Waals surface area contributed by atoms with E-state index in [1.165, 1.54) is 33.0 Å². The molecule has 0 saturated heterocycles. The molecular weight excluding hydrogens is 426 g/mol. The maximum atomic E-state index is 12.9. The van der Waals surface area contributed by atoms with Crippen molar-refractivity contribution in [2.24, 2.45) is 5.92 Å². The molecule has 29 heavy (non-hydrogen) atoms. The van der Waals surface area contributed by atoms with Crippen LogP contribution in [0.25, 0.3) is 16.3 Å². The first-order valence-corrected chi connectivity index (χ1v) is 10.9. The summed E-state index contributed by atoms with van der Waals surface area (Å²) in [4.78, 5) is 12.9. The summed E-state index contributed by atoms with van der Waals surface area (Å²) in [5, 5.41) is 6.14. The third-order valence-electron chi connectivity index (χ3n) is 6.02. The van der Waals surface area contributed by atoms with Crippen molar-refractivity contribution in [3.8, 4) is 0 Å². The number of carbonyl (C=O) groups is 1. The van der Waals surface area contributed by atoms with E-state index in [4.69, 9.17) is 4.74 Å². The summed E-state index contributed by atoms with van der Waals surface area (Å²) >= 11 is 3.53. The Morgan fingerprint density at radius 2 is 1.90 bits per heavy atom. The Morgan fingerprint density at radius 1 is 1.10 bits per heavy atom. The van der Waals surface area contributed by atoms with Crippen molar-refractivity contribution < 1.29 is 9.53 Å². The molecule has 1 aliphatic carbocycles. The van der Waals surface area contributed by atoms with Crippen LogP contribution in [0.15, 0.2) is 70.7 Å². The topological polar surface area (TPSA) is 38.3 Å². The summed E-state index contributed by atoms with van der Waals surface area (Å²) in [5.74, 6) is -0.303. The van der Waals surface area contributed by atoms with E-state index in [-0.39, 0.29) is 17.9 Å². The van der Waals surface area contributed by atoms with Crippen LogP contribution in [0.4, 0.5) is 5.69 Å². The van der Waals surface area contributed by atoms with Gasteiger partial charge in [0, 0.05) is 15.7 Å². The van der Waals surface area contributed by atoms with Gasteiger partial charge in [-0.3, -0.25) is 4.79 Å². The number of esters is 1. The molecule has 3 aromatic rings. The number of halogens is 1. The molecule has 0 spiro atoms. The molecule has 2 atom stereocenters. The van der Waals surface area contributed by atoms with Gasteiger partial charge in [-0.05, 0) is 65.4 Å². The number of benzene rings is 3. The highest BCUT2D eigenvalue weighted by atomic mass is 79.9. The largest absolute Gasteiger partial charge is 0.466 e. The van der Waals surface area contributed by atoms with E-state index in [2.05, 4.69) is 81.9 Å². The molecule has 146 valence electrons. The van der Waals surface area contributed by atoms with Crippen molar-refractivity contribution in [3.05, 3.63) is 81.8 Å². The Labute approximate surface area is 178 Å².